The first-order valence-corrected chi connectivity index (χ1v) is 14.6. The molecule has 1 saturated heterocycles. The van der Waals surface area contributed by atoms with Gasteiger partial charge in [0.1, 0.15) is 5.69 Å². The van der Waals surface area contributed by atoms with E-state index in [0.29, 0.717) is 36.0 Å². The van der Waals surface area contributed by atoms with Crippen LogP contribution in [0.25, 0.3) is 11.3 Å². The summed E-state index contributed by atoms with van der Waals surface area (Å²) >= 11 is 0. The zero-order valence-corrected chi connectivity index (χ0v) is 26.3. The van der Waals surface area contributed by atoms with Crippen LogP contribution in [-0.2, 0) is 9.53 Å². The Morgan fingerprint density at radius 1 is 1.07 bits per heavy atom. The molecule has 0 radical (unpaired) electrons. The maximum Gasteiger partial charge on any atom is 0.271 e. The van der Waals surface area contributed by atoms with Gasteiger partial charge in [0.15, 0.2) is 28.8 Å². The van der Waals surface area contributed by atoms with Gasteiger partial charge >= 0.3 is 0 Å². The average Bonchev–Trinajstić information content (AvgIpc) is 2.93. The summed E-state index contributed by atoms with van der Waals surface area (Å²) in [6.07, 6.45) is 3.22. The number of nitrogens with zero attached hydrogens (tertiary/aromatic N) is 5. The van der Waals surface area contributed by atoms with Gasteiger partial charge in [0.25, 0.3) is 5.91 Å². The second kappa shape index (κ2) is 11.3. The molecule has 11 heteroatoms. The van der Waals surface area contributed by atoms with Gasteiger partial charge in [0.05, 0.1) is 25.0 Å². The van der Waals surface area contributed by atoms with Crippen LogP contribution < -0.4 is 20.3 Å². The number of methoxy groups -OCH3 is 1. The summed E-state index contributed by atoms with van der Waals surface area (Å²) in [7, 11) is 3.72. The molecule has 2 aromatic heterocycles. The Hall–Kier alpha value is -3.83. The number of anilines is 4. The molecule has 1 fully saturated rings. The van der Waals surface area contributed by atoms with Crippen LogP contribution in [-0.4, -0.2) is 75.8 Å². The lowest BCUT2D eigenvalue weighted by atomic mass is 9.77. The number of carbonyl (C=O) groups is 1. The van der Waals surface area contributed by atoms with E-state index in [1.807, 2.05) is 30.3 Å². The molecule has 1 aromatic carbocycles. The van der Waals surface area contributed by atoms with Crippen LogP contribution in [0.4, 0.5) is 27.7 Å². The number of aromatic nitrogens is 3. The van der Waals surface area contributed by atoms with Gasteiger partial charge in [-0.05, 0) is 61.4 Å². The maximum atomic E-state index is 16.1. The van der Waals surface area contributed by atoms with E-state index in [1.54, 1.807) is 38.1 Å². The van der Waals surface area contributed by atoms with Gasteiger partial charge < -0.3 is 20.1 Å². The predicted molar refractivity (Wildman–Crippen MR) is 166 cm³/mol. The summed E-state index contributed by atoms with van der Waals surface area (Å²) in [6, 6.07) is 11.0. The topological polar surface area (TPSA) is 105 Å². The number of fused-ring (bicyclic) bond motifs is 1. The van der Waals surface area contributed by atoms with E-state index < -0.39 is 11.4 Å². The zero-order valence-electron chi connectivity index (χ0n) is 26.3. The van der Waals surface area contributed by atoms with E-state index in [4.69, 9.17) is 9.47 Å². The summed E-state index contributed by atoms with van der Waals surface area (Å²) < 4.78 is 27.3. The summed E-state index contributed by atoms with van der Waals surface area (Å²) in [5.41, 5.74) is 0.0975. The largest absolute Gasteiger partial charge is 0.474 e. The van der Waals surface area contributed by atoms with Gasteiger partial charge in [-0.3, -0.25) is 14.6 Å². The molecule has 2 aliphatic rings. The Labute approximate surface area is 253 Å². The van der Waals surface area contributed by atoms with Crippen molar-refractivity contribution in [3.05, 3.63) is 48.4 Å². The lowest BCUT2D eigenvalue weighted by molar-refractivity contribution is -0.132. The molecule has 3 aromatic rings. The van der Waals surface area contributed by atoms with Crippen molar-refractivity contribution in [3.63, 3.8) is 0 Å². The first kappa shape index (κ1) is 30.6. The lowest BCUT2D eigenvalue weighted by Gasteiger charge is -2.53. The molecule has 2 aliphatic heterocycles. The molecular formula is C32H42FN7O3. The van der Waals surface area contributed by atoms with Crippen molar-refractivity contribution in [2.45, 2.75) is 77.1 Å². The number of hydrogen-bond donors (Lipinski definition) is 2. The average molecular weight is 592 g/mol. The van der Waals surface area contributed by atoms with Gasteiger partial charge in [0.2, 0.25) is 5.95 Å². The number of ether oxygens (including phenoxy) is 2. The normalized spacial score (nSPS) is 19.5. The van der Waals surface area contributed by atoms with Crippen LogP contribution >= 0.6 is 0 Å². The van der Waals surface area contributed by atoms with E-state index in [-0.39, 0.29) is 40.5 Å². The number of carbonyl (C=O) groups excluding carboxylic acids is 1. The van der Waals surface area contributed by atoms with Crippen molar-refractivity contribution in [1.82, 2.24) is 19.9 Å². The third-order valence-electron chi connectivity index (χ3n) is 8.54. The van der Waals surface area contributed by atoms with E-state index in [0.717, 1.165) is 12.8 Å². The Balaban J connectivity index is 1.50. The molecule has 43 heavy (non-hydrogen) atoms. The molecular weight excluding hydrogens is 549 g/mol. The summed E-state index contributed by atoms with van der Waals surface area (Å²) in [5, 5.41) is 6.62. The van der Waals surface area contributed by atoms with Crippen LogP contribution in [0.15, 0.2) is 42.6 Å². The number of amides is 1. The molecule has 10 nitrogen and oxygen atoms in total. The molecule has 0 saturated carbocycles. The number of rotatable bonds is 8. The van der Waals surface area contributed by atoms with Gasteiger partial charge in [-0.15, -0.1) is 0 Å². The standard InChI is InChI=1S/C32H42FN7O3/c1-30(2)17-22(18-31(3,4)39(30)7)35-26-24(33)25(20-12-10-9-11-13-20)37-29(38-26)36-21-16-23-27(34-19-21)40(14-15-42-8)28(41)32(5,6)43-23/h9-13,16,19,22H,14-15,17-18H2,1-8H3,(H2,35,36,37,38). The van der Waals surface area contributed by atoms with Crippen molar-refractivity contribution in [3.8, 4) is 17.0 Å². The first-order valence-electron chi connectivity index (χ1n) is 14.6. The zero-order chi connectivity index (χ0) is 31.2. The highest BCUT2D eigenvalue weighted by molar-refractivity contribution is 6.01. The quantitative estimate of drug-likeness (QED) is 0.345. The van der Waals surface area contributed by atoms with Crippen molar-refractivity contribution in [2.75, 3.05) is 42.8 Å². The highest BCUT2D eigenvalue weighted by Gasteiger charge is 2.44. The monoisotopic (exact) mass is 591 g/mol. The fourth-order valence-electron chi connectivity index (χ4n) is 6.10. The van der Waals surface area contributed by atoms with Crippen LogP contribution in [0.3, 0.4) is 0 Å². The Bertz CT molecular complexity index is 1480. The smallest absolute Gasteiger partial charge is 0.271 e. The van der Waals surface area contributed by atoms with Crippen LogP contribution in [0.2, 0.25) is 0 Å². The minimum atomic E-state index is -1.08. The second-order valence-corrected chi connectivity index (χ2v) is 13.1. The molecule has 0 aliphatic carbocycles. The Morgan fingerprint density at radius 3 is 2.40 bits per heavy atom. The second-order valence-electron chi connectivity index (χ2n) is 13.1. The molecule has 1 amide bonds. The third-order valence-corrected chi connectivity index (χ3v) is 8.54. The molecule has 230 valence electrons. The Morgan fingerprint density at radius 2 is 1.74 bits per heavy atom. The molecule has 0 unspecified atom stereocenters. The lowest BCUT2D eigenvalue weighted by Crippen LogP contribution is -2.61. The molecule has 0 spiro atoms. The first-order chi connectivity index (χ1) is 20.2. The van der Waals surface area contributed by atoms with Gasteiger partial charge in [0, 0.05) is 35.9 Å². The third kappa shape index (κ3) is 6.14. The van der Waals surface area contributed by atoms with Gasteiger partial charge in [-0.25, -0.2) is 14.4 Å². The van der Waals surface area contributed by atoms with Gasteiger partial charge in [-0.2, -0.15) is 4.98 Å². The van der Waals surface area contributed by atoms with E-state index >= 15 is 4.39 Å². The van der Waals surface area contributed by atoms with Gasteiger partial charge in [-0.1, -0.05) is 30.3 Å². The number of benzene rings is 1. The number of hydrogen-bond acceptors (Lipinski definition) is 9. The molecule has 5 rings (SSSR count). The van der Waals surface area contributed by atoms with Crippen LogP contribution in [0.5, 0.6) is 5.75 Å². The predicted octanol–water partition coefficient (Wildman–Crippen LogP) is 5.64. The highest BCUT2D eigenvalue weighted by Crippen LogP contribution is 2.40. The molecule has 0 bridgehead atoms. The van der Waals surface area contributed by atoms with Crippen molar-refractivity contribution in [2.24, 2.45) is 0 Å². The number of piperidine rings is 1. The van der Waals surface area contributed by atoms with Crippen molar-refractivity contribution in [1.29, 1.82) is 0 Å². The summed E-state index contributed by atoms with van der Waals surface area (Å²) in [6.45, 7) is 13.0. The molecule has 4 heterocycles. The van der Waals surface area contributed by atoms with E-state index in [2.05, 4.69) is 65.2 Å². The Kier molecular flexibility index (Phi) is 8.08. The fourth-order valence-corrected chi connectivity index (χ4v) is 6.10. The minimum absolute atomic E-state index is 0.00117. The number of halogens is 1. The highest BCUT2D eigenvalue weighted by atomic mass is 19.1. The van der Waals surface area contributed by atoms with E-state index in [9.17, 15) is 4.79 Å². The number of likely N-dealkylation sites (tertiary alicyclic amines) is 1. The SMILES string of the molecule is COCCN1C(=O)C(C)(C)Oc2cc(Nc3nc(NC4CC(C)(C)N(C)C(C)(C)C4)c(F)c(-c4ccccc4)n3)cnc21. The molecule has 0 atom stereocenters. The number of nitrogens with one attached hydrogen (secondary N) is 2. The summed E-state index contributed by atoms with van der Waals surface area (Å²) in [4.78, 5) is 30.7. The van der Waals surface area contributed by atoms with Crippen molar-refractivity contribution < 1.29 is 18.7 Å². The van der Waals surface area contributed by atoms with Crippen LogP contribution in [0, 0.1) is 5.82 Å². The maximum absolute atomic E-state index is 16.1. The minimum Gasteiger partial charge on any atom is -0.474 e. The van der Waals surface area contributed by atoms with Crippen molar-refractivity contribution >= 4 is 29.2 Å². The number of pyridine rings is 1. The molecule has 2 N–H and O–H groups in total. The van der Waals surface area contributed by atoms with Crippen LogP contribution in [0.1, 0.15) is 54.4 Å². The fraction of sp³-hybridized carbons (Fsp3) is 0.500. The summed E-state index contributed by atoms with van der Waals surface area (Å²) in [5.74, 6) is 0.482. The van der Waals surface area contributed by atoms with E-state index in [1.165, 1.54) is 0 Å².